The summed E-state index contributed by atoms with van der Waals surface area (Å²) >= 11 is 0. The van der Waals surface area contributed by atoms with Crippen molar-refractivity contribution in [2.24, 2.45) is 5.73 Å². The van der Waals surface area contributed by atoms with E-state index < -0.39 is 0 Å². The maximum absolute atomic E-state index is 6.12. The molecule has 1 aromatic rings. The van der Waals surface area contributed by atoms with E-state index in [1.54, 1.807) is 21.3 Å². The van der Waals surface area contributed by atoms with Gasteiger partial charge in [-0.15, -0.1) is 12.4 Å². The van der Waals surface area contributed by atoms with Crippen LogP contribution in [-0.4, -0.2) is 21.3 Å². The van der Waals surface area contributed by atoms with Gasteiger partial charge in [0.1, 0.15) is 0 Å². The van der Waals surface area contributed by atoms with Gasteiger partial charge in [0.15, 0.2) is 11.5 Å². The third kappa shape index (κ3) is 3.43. The molecule has 1 atom stereocenters. The van der Waals surface area contributed by atoms with Crippen molar-refractivity contribution in [3.05, 3.63) is 17.7 Å². The van der Waals surface area contributed by atoms with Crippen molar-refractivity contribution in [1.29, 1.82) is 0 Å². The molecule has 0 amide bonds. The smallest absolute Gasteiger partial charge is 0.203 e. The van der Waals surface area contributed by atoms with Gasteiger partial charge in [0.05, 0.1) is 21.3 Å². The van der Waals surface area contributed by atoms with Crippen molar-refractivity contribution in [2.45, 2.75) is 25.8 Å². The van der Waals surface area contributed by atoms with Crippen LogP contribution in [0.2, 0.25) is 0 Å². The van der Waals surface area contributed by atoms with E-state index in [2.05, 4.69) is 6.92 Å². The first-order chi connectivity index (χ1) is 8.19. The number of hydrogen-bond acceptors (Lipinski definition) is 4. The van der Waals surface area contributed by atoms with E-state index in [4.69, 9.17) is 19.9 Å². The first kappa shape index (κ1) is 16.9. The molecule has 0 spiro atoms. The molecule has 0 fully saturated rings. The van der Waals surface area contributed by atoms with Crippen LogP contribution in [0.25, 0.3) is 0 Å². The second kappa shape index (κ2) is 8.06. The third-order valence-electron chi connectivity index (χ3n) is 2.73. The second-order valence-electron chi connectivity index (χ2n) is 3.82. The fraction of sp³-hybridized carbons (Fsp3) is 0.538. The summed E-state index contributed by atoms with van der Waals surface area (Å²) < 4.78 is 15.9. The van der Waals surface area contributed by atoms with Crippen LogP contribution in [0.4, 0.5) is 0 Å². The van der Waals surface area contributed by atoms with Gasteiger partial charge >= 0.3 is 0 Å². The standard InChI is InChI=1S/C13H21NO3.ClH/c1-5-6-10(14)9-7-8-11(15-2)13(17-4)12(9)16-3;/h7-8,10H,5-6,14H2,1-4H3;1H/t10-;/m1./s1. The molecule has 0 heterocycles. The molecular weight excluding hydrogens is 254 g/mol. The van der Waals surface area contributed by atoms with E-state index in [0.29, 0.717) is 17.2 Å². The van der Waals surface area contributed by atoms with Gasteiger partial charge in [-0.3, -0.25) is 0 Å². The number of hydrogen-bond donors (Lipinski definition) is 1. The molecule has 0 aliphatic rings. The van der Waals surface area contributed by atoms with Crippen molar-refractivity contribution in [2.75, 3.05) is 21.3 Å². The lowest BCUT2D eigenvalue weighted by Crippen LogP contribution is -2.12. The molecule has 0 saturated carbocycles. The van der Waals surface area contributed by atoms with Gasteiger partial charge in [-0.1, -0.05) is 13.3 Å². The van der Waals surface area contributed by atoms with Crippen LogP contribution in [0, 0.1) is 0 Å². The summed E-state index contributed by atoms with van der Waals surface area (Å²) in [5.74, 6) is 1.91. The summed E-state index contributed by atoms with van der Waals surface area (Å²) in [7, 11) is 4.80. The molecule has 1 aromatic carbocycles. The Balaban J connectivity index is 0.00000289. The minimum Gasteiger partial charge on any atom is -0.493 e. The SMILES string of the molecule is CCC[C@@H](N)c1ccc(OC)c(OC)c1OC.Cl. The average molecular weight is 276 g/mol. The molecular formula is C13H22ClNO3. The van der Waals surface area contributed by atoms with Crippen molar-refractivity contribution < 1.29 is 14.2 Å². The van der Waals surface area contributed by atoms with Gasteiger partial charge in [-0.05, 0) is 18.6 Å². The first-order valence-electron chi connectivity index (χ1n) is 5.74. The summed E-state index contributed by atoms with van der Waals surface area (Å²) in [4.78, 5) is 0. The van der Waals surface area contributed by atoms with Gasteiger partial charge in [0.25, 0.3) is 0 Å². The fourth-order valence-electron chi connectivity index (χ4n) is 1.88. The van der Waals surface area contributed by atoms with Gasteiger partial charge in [-0.2, -0.15) is 0 Å². The lowest BCUT2D eigenvalue weighted by molar-refractivity contribution is 0.320. The molecule has 4 nitrogen and oxygen atoms in total. The van der Waals surface area contributed by atoms with Crippen LogP contribution in [0.1, 0.15) is 31.4 Å². The number of benzene rings is 1. The Kier molecular flexibility index (Phi) is 7.55. The Bertz CT molecular complexity index is 371. The number of halogens is 1. The predicted octanol–water partition coefficient (Wildman–Crippen LogP) is 2.93. The van der Waals surface area contributed by atoms with Crippen LogP contribution in [0.5, 0.6) is 17.2 Å². The quantitative estimate of drug-likeness (QED) is 0.867. The topological polar surface area (TPSA) is 53.7 Å². The van der Waals surface area contributed by atoms with E-state index in [-0.39, 0.29) is 18.4 Å². The van der Waals surface area contributed by atoms with Crippen LogP contribution in [0.15, 0.2) is 12.1 Å². The summed E-state index contributed by atoms with van der Waals surface area (Å²) in [6.07, 6.45) is 1.94. The second-order valence-corrected chi connectivity index (χ2v) is 3.82. The first-order valence-corrected chi connectivity index (χ1v) is 5.74. The molecule has 0 aliphatic heterocycles. The van der Waals surface area contributed by atoms with E-state index >= 15 is 0 Å². The van der Waals surface area contributed by atoms with Gasteiger partial charge in [0.2, 0.25) is 5.75 Å². The Morgan fingerprint density at radius 2 is 1.67 bits per heavy atom. The van der Waals surface area contributed by atoms with Crippen molar-refractivity contribution in [3.63, 3.8) is 0 Å². The Morgan fingerprint density at radius 3 is 2.11 bits per heavy atom. The lowest BCUT2D eigenvalue weighted by atomic mass is 10.0. The summed E-state index contributed by atoms with van der Waals surface area (Å²) in [6, 6.07) is 3.74. The van der Waals surface area contributed by atoms with Crippen molar-refractivity contribution in [3.8, 4) is 17.2 Å². The lowest BCUT2D eigenvalue weighted by Gasteiger charge is -2.19. The Hall–Kier alpha value is -1.13. The molecule has 0 unspecified atom stereocenters. The van der Waals surface area contributed by atoms with Gasteiger partial charge in [-0.25, -0.2) is 0 Å². The molecule has 0 saturated heterocycles. The van der Waals surface area contributed by atoms with Gasteiger partial charge < -0.3 is 19.9 Å². The fourth-order valence-corrected chi connectivity index (χ4v) is 1.88. The Morgan fingerprint density at radius 1 is 1.06 bits per heavy atom. The summed E-state index contributed by atoms with van der Waals surface area (Å²) in [5, 5.41) is 0. The zero-order valence-corrected chi connectivity index (χ0v) is 12.2. The molecule has 104 valence electrons. The number of rotatable bonds is 6. The van der Waals surface area contributed by atoms with Crippen LogP contribution in [-0.2, 0) is 0 Å². The van der Waals surface area contributed by atoms with Crippen molar-refractivity contribution >= 4 is 12.4 Å². The van der Waals surface area contributed by atoms with E-state index in [0.717, 1.165) is 18.4 Å². The minimum absolute atomic E-state index is 0. The minimum atomic E-state index is -0.0465. The molecule has 0 radical (unpaired) electrons. The highest BCUT2D eigenvalue weighted by atomic mass is 35.5. The molecule has 0 aliphatic carbocycles. The van der Waals surface area contributed by atoms with E-state index in [1.807, 2.05) is 12.1 Å². The van der Waals surface area contributed by atoms with Crippen molar-refractivity contribution in [1.82, 2.24) is 0 Å². The highest BCUT2D eigenvalue weighted by Crippen LogP contribution is 2.42. The molecule has 2 N–H and O–H groups in total. The highest BCUT2D eigenvalue weighted by Gasteiger charge is 2.19. The zero-order valence-electron chi connectivity index (χ0n) is 11.4. The number of nitrogens with two attached hydrogens (primary N) is 1. The highest BCUT2D eigenvalue weighted by molar-refractivity contribution is 5.85. The molecule has 0 aromatic heterocycles. The van der Waals surface area contributed by atoms with E-state index in [9.17, 15) is 0 Å². The molecule has 0 bridgehead atoms. The van der Waals surface area contributed by atoms with E-state index in [1.165, 1.54) is 0 Å². The monoisotopic (exact) mass is 275 g/mol. The van der Waals surface area contributed by atoms with Crippen LogP contribution in [0.3, 0.4) is 0 Å². The maximum atomic E-state index is 6.12. The average Bonchev–Trinajstić information content (AvgIpc) is 2.36. The normalized spacial score (nSPS) is 11.4. The van der Waals surface area contributed by atoms with Gasteiger partial charge in [0, 0.05) is 11.6 Å². The number of ether oxygens (including phenoxy) is 3. The van der Waals surface area contributed by atoms with Crippen LogP contribution >= 0.6 is 12.4 Å². The number of methoxy groups -OCH3 is 3. The molecule has 18 heavy (non-hydrogen) atoms. The largest absolute Gasteiger partial charge is 0.493 e. The maximum Gasteiger partial charge on any atom is 0.203 e. The molecule has 1 rings (SSSR count). The Labute approximate surface area is 115 Å². The predicted molar refractivity (Wildman–Crippen MR) is 75.2 cm³/mol. The molecule has 5 heteroatoms. The summed E-state index contributed by atoms with van der Waals surface area (Å²) in [6.45, 7) is 2.10. The summed E-state index contributed by atoms with van der Waals surface area (Å²) in [5.41, 5.74) is 7.07. The third-order valence-corrected chi connectivity index (χ3v) is 2.73. The zero-order chi connectivity index (χ0) is 12.8. The van der Waals surface area contributed by atoms with Crippen LogP contribution < -0.4 is 19.9 Å².